The minimum absolute atomic E-state index is 0. The van der Waals surface area contributed by atoms with E-state index in [4.69, 9.17) is 0 Å². The van der Waals surface area contributed by atoms with Crippen LogP contribution in [0.3, 0.4) is 0 Å². The maximum absolute atomic E-state index is 2.33. The van der Waals surface area contributed by atoms with Gasteiger partial charge in [0.1, 0.15) is 0 Å². The first kappa shape index (κ1) is 21.9. The van der Waals surface area contributed by atoms with Gasteiger partial charge in [-0.25, -0.2) is 0 Å². The average Bonchev–Trinajstić information content (AvgIpc) is 3.14. The molecule has 0 N–H and O–H groups in total. The molecule has 10 radical (unpaired) electrons. The Bertz CT molecular complexity index is 482. The van der Waals surface area contributed by atoms with Gasteiger partial charge < -0.3 is 14.9 Å². The summed E-state index contributed by atoms with van der Waals surface area (Å²) >= 11 is 0. The van der Waals surface area contributed by atoms with Gasteiger partial charge in [0.15, 0.2) is 0 Å². The zero-order valence-corrected chi connectivity index (χ0v) is 17.4. The Morgan fingerprint density at radius 1 is 0.625 bits per heavy atom. The van der Waals surface area contributed by atoms with Gasteiger partial charge in [-0.2, -0.15) is 0 Å². The monoisotopic (exact) mass is 390 g/mol. The third-order valence-electron chi connectivity index (χ3n) is 4.69. The molecule has 4 aliphatic carbocycles. The van der Waals surface area contributed by atoms with Crippen LogP contribution in [-0.4, -0.2) is 0 Å². The van der Waals surface area contributed by atoms with Crippen LogP contribution in [0, 0.1) is 81.5 Å². The van der Waals surface area contributed by atoms with Crippen molar-refractivity contribution >= 4 is 0 Å². The van der Waals surface area contributed by atoms with Crippen LogP contribution in [0.5, 0.6) is 0 Å². The van der Waals surface area contributed by atoms with E-state index in [0.29, 0.717) is 0 Å². The zero-order chi connectivity index (χ0) is 14.4. The molecule has 0 spiro atoms. The van der Waals surface area contributed by atoms with Gasteiger partial charge in [-0.1, -0.05) is 62.5 Å². The van der Waals surface area contributed by atoms with Crippen LogP contribution in [0.25, 0.3) is 0 Å². The standard InChI is InChI=1S/C21H18.2CH3.Zr/c1-21(2,15-9-3-4-10-15)20-18-13-7-5-11-16(18)17-12-6-8-14-19(17)20;;;/h3-14H,1-2H3;2*1H3;/q;2*-1;+4. The fourth-order valence-electron chi connectivity index (χ4n) is 3.63. The van der Waals surface area contributed by atoms with E-state index in [0.717, 1.165) is 0 Å². The van der Waals surface area contributed by atoms with Gasteiger partial charge in [-0.05, 0) is 37.0 Å². The summed E-state index contributed by atoms with van der Waals surface area (Å²) in [6.45, 7) is 4.66. The summed E-state index contributed by atoms with van der Waals surface area (Å²) < 4.78 is 0. The van der Waals surface area contributed by atoms with Crippen molar-refractivity contribution < 1.29 is 26.2 Å². The quantitative estimate of drug-likeness (QED) is 0.549. The number of fused-ring (bicyclic) bond motifs is 3. The summed E-state index contributed by atoms with van der Waals surface area (Å²) in [5, 5.41) is 0. The normalized spacial score (nSPS) is 25.1. The Kier molecular flexibility index (Phi) is 7.74. The minimum Gasteiger partial charge on any atom is -0.358 e. The van der Waals surface area contributed by atoms with Gasteiger partial charge in [0, 0.05) is 29.6 Å². The first-order chi connectivity index (χ1) is 10.2. The van der Waals surface area contributed by atoms with Crippen LogP contribution in [0.2, 0.25) is 0 Å². The Hall–Kier alpha value is -0.157. The molecule has 0 aromatic heterocycles. The molecule has 0 unspecified atom stereocenters. The van der Waals surface area contributed by atoms with Crippen molar-refractivity contribution in [3.05, 3.63) is 125 Å². The van der Waals surface area contributed by atoms with Crippen molar-refractivity contribution in [3.8, 4) is 0 Å². The van der Waals surface area contributed by atoms with Crippen LogP contribution >= 0.6 is 0 Å². The summed E-state index contributed by atoms with van der Waals surface area (Å²) in [6, 6.07) is 0. The van der Waals surface area contributed by atoms with Gasteiger partial charge in [0.25, 0.3) is 0 Å². The van der Waals surface area contributed by atoms with E-state index >= 15 is 0 Å². The SMILES string of the molecule is CC(C)([C]1[CH][CH][CH][CH]1)[C]1[C]2C=CC=C[C]2[C]2C=CC=C[C]21.[CH3-].[CH3-].[Zr+4]. The molecule has 2 saturated carbocycles. The molecule has 24 heavy (non-hydrogen) atoms. The molecule has 0 aromatic rings. The molecule has 0 bridgehead atoms. The van der Waals surface area contributed by atoms with Crippen LogP contribution in [-0.2, 0) is 26.2 Å². The molecule has 118 valence electrons. The van der Waals surface area contributed by atoms with Crippen molar-refractivity contribution in [2.75, 3.05) is 0 Å². The fraction of sp³-hybridized carbons (Fsp3) is 0.130. The molecular weight excluding hydrogens is 367 g/mol. The van der Waals surface area contributed by atoms with Crippen LogP contribution in [0.15, 0.2) is 48.6 Å². The third-order valence-corrected chi connectivity index (χ3v) is 4.69. The van der Waals surface area contributed by atoms with Gasteiger partial charge in [-0.3, -0.25) is 0 Å². The molecule has 0 heterocycles. The van der Waals surface area contributed by atoms with Crippen LogP contribution in [0.1, 0.15) is 13.8 Å². The van der Waals surface area contributed by atoms with Crippen molar-refractivity contribution in [2.45, 2.75) is 13.8 Å². The molecule has 0 aliphatic heterocycles. The fourth-order valence-corrected chi connectivity index (χ4v) is 3.63. The predicted molar refractivity (Wildman–Crippen MR) is 99.8 cm³/mol. The molecule has 0 amide bonds. The molecule has 0 nitrogen and oxygen atoms in total. The Labute approximate surface area is 169 Å². The Morgan fingerprint density at radius 3 is 1.42 bits per heavy atom. The molecular formula is C23H24Zr+2. The summed E-state index contributed by atoms with van der Waals surface area (Å²) in [6.07, 6.45) is 26.3. The van der Waals surface area contributed by atoms with Gasteiger partial charge in [0.2, 0.25) is 0 Å². The predicted octanol–water partition coefficient (Wildman–Crippen LogP) is 5.45. The smallest absolute Gasteiger partial charge is 0.358 e. The van der Waals surface area contributed by atoms with Gasteiger partial charge in [-0.15, -0.1) is 0 Å². The molecule has 4 aliphatic rings. The van der Waals surface area contributed by atoms with Crippen molar-refractivity contribution in [1.29, 1.82) is 0 Å². The summed E-state index contributed by atoms with van der Waals surface area (Å²) in [4.78, 5) is 0. The van der Waals surface area contributed by atoms with E-state index in [1.54, 1.807) is 0 Å². The first-order valence-electron chi connectivity index (χ1n) is 7.48. The largest absolute Gasteiger partial charge is 4.00 e. The Balaban J connectivity index is 0.000000960. The van der Waals surface area contributed by atoms with Crippen molar-refractivity contribution in [2.24, 2.45) is 5.41 Å². The maximum Gasteiger partial charge on any atom is 4.00 e. The molecule has 0 atom stereocenters. The molecule has 1 heteroatoms. The third kappa shape index (κ3) is 3.40. The summed E-state index contributed by atoms with van der Waals surface area (Å²) in [5.74, 6) is 8.31. The summed E-state index contributed by atoms with van der Waals surface area (Å²) in [5.41, 5.74) is 0.00616. The van der Waals surface area contributed by atoms with E-state index in [1.165, 1.54) is 35.5 Å². The first-order valence-corrected chi connectivity index (χ1v) is 7.48. The average molecular weight is 392 g/mol. The van der Waals surface area contributed by atoms with E-state index < -0.39 is 0 Å². The van der Waals surface area contributed by atoms with Crippen LogP contribution in [0.4, 0.5) is 0 Å². The van der Waals surface area contributed by atoms with E-state index in [-0.39, 0.29) is 46.5 Å². The Morgan fingerprint density at radius 2 is 1.00 bits per heavy atom. The van der Waals surface area contributed by atoms with E-state index in [9.17, 15) is 0 Å². The zero-order valence-electron chi connectivity index (χ0n) is 14.9. The second-order valence-corrected chi connectivity index (χ2v) is 6.26. The number of hydrogen-bond acceptors (Lipinski definition) is 0. The topological polar surface area (TPSA) is 0 Å². The molecule has 0 saturated heterocycles. The van der Waals surface area contributed by atoms with Crippen molar-refractivity contribution in [1.82, 2.24) is 0 Å². The number of allylic oxidation sites excluding steroid dienone is 8. The summed E-state index contributed by atoms with van der Waals surface area (Å²) in [7, 11) is 0. The molecule has 4 rings (SSSR count). The number of rotatable bonds is 2. The van der Waals surface area contributed by atoms with Gasteiger partial charge in [0.05, 0.1) is 0 Å². The van der Waals surface area contributed by atoms with Crippen molar-refractivity contribution in [3.63, 3.8) is 0 Å². The van der Waals surface area contributed by atoms with Gasteiger partial charge >= 0.3 is 26.2 Å². The maximum atomic E-state index is 2.33. The van der Waals surface area contributed by atoms with E-state index in [1.807, 2.05) is 0 Å². The second kappa shape index (κ2) is 8.48. The second-order valence-electron chi connectivity index (χ2n) is 6.26. The number of hydrogen-bond donors (Lipinski definition) is 0. The molecule has 0 aromatic carbocycles. The van der Waals surface area contributed by atoms with E-state index in [2.05, 4.69) is 88.1 Å². The van der Waals surface area contributed by atoms with Crippen LogP contribution < -0.4 is 0 Å². The minimum atomic E-state index is 0. The molecule has 2 fully saturated rings.